The third kappa shape index (κ3) is 2.08. The lowest BCUT2D eigenvalue weighted by Crippen LogP contribution is -2.47. The molecule has 5 rings (SSSR count). The number of aliphatic hydroxyl groups is 1. The first-order valence-electron chi connectivity index (χ1n) is 9.28. The Kier molecular flexibility index (Phi) is 3.50. The fourth-order valence-electron chi connectivity index (χ4n) is 4.24. The van der Waals surface area contributed by atoms with Crippen LogP contribution in [-0.4, -0.2) is 27.2 Å². The van der Waals surface area contributed by atoms with Gasteiger partial charge in [0.15, 0.2) is 5.60 Å². The van der Waals surface area contributed by atoms with Gasteiger partial charge in [-0.1, -0.05) is 25.1 Å². The van der Waals surface area contributed by atoms with Gasteiger partial charge < -0.3 is 20.1 Å². The fraction of sp³-hybridized carbons (Fsp3) is 0.286. The minimum absolute atomic E-state index is 0.0256. The van der Waals surface area contributed by atoms with Crippen molar-refractivity contribution < 1.29 is 14.6 Å². The predicted molar refractivity (Wildman–Crippen MR) is 103 cm³/mol. The second kappa shape index (κ2) is 5.73. The Morgan fingerprint density at radius 2 is 2.11 bits per heavy atom. The number of aromatic nitrogens is 2. The van der Waals surface area contributed by atoms with Crippen LogP contribution in [-0.2, 0) is 21.7 Å². The molecule has 2 aromatic heterocycles. The van der Waals surface area contributed by atoms with Gasteiger partial charge in [-0.15, -0.1) is 0 Å². The van der Waals surface area contributed by atoms with Gasteiger partial charge in [0.2, 0.25) is 0 Å². The van der Waals surface area contributed by atoms with E-state index in [0.717, 1.165) is 16.5 Å². The Morgan fingerprint density at radius 3 is 2.86 bits per heavy atom. The number of cyclic esters (lactones) is 1. The molecule has 0 aliphatic carbocycles. The maximum Gasteiger partial charge on any atom is 0.343 e. The molecule has 0 saturated heterocycles. The zero-order valence-electron chi connectivity index (χ0n) is 15.3. The van der Waals surface area contributed by atoms with Gasteiger partial charge >= 0.3 is 5.97 Å². The van der Waals surface area contributed by atoms with Crippen LogP contribution in [0.25, 0.3) is 22.3 Å². The van der Waals surface area contributed by atoms with Crippen molar-refractivity contribution in [2.45, 2.75) is 31.6 Å². The molecule has 2 aliphatic heterocycles. The highest BCUT2D eigenvalue weighted by molar-refractivity contribution is 5.86. The average molecular weight is 377 g/mol. The number of carbonyl (C=O) groups excluding carboxylic acids is 1. The molecule has 0 spiro atoms. The number of carbonyl (C=O) groups is 1. The number of rotatable bonds is 2. The second-order valence-corrected chi connectivity index (χ2v) is 7.28. The standard InChI is InChI=1S/C21H19N3O4/c1-2-21(27)13-8-15-18-12(7-11-5-3-4-6-14(11)23-18)10-24(15)19(25)17(13)16(9-22)28-20(21)26/h3-8,16,27H,2,9-10,22H2,1H3/t16?,21-/m0/s1. The summed E-state index contributed by atoms with van der Waals surface area (Å²) in [5.41, 5.74) is 7.17. The Labute approximate surface area is 160 Å². The van der Waals surface area contributed by atoms with Crippen LogP contribution in [0.2, 0.25) is 0 Å². The van der Waals surface area contributed by atoms with Crippen molar-refractivity contribution in [1.29, 1.82) is 0 Å². The lowest BCUT2D eigenvalue weighted by molar-refractivity contribution is -0.177. The maximum absolute atomic E-state index is 13.3. The molecule has 2 aliphatic rings. The van der Waals surface area contributed by atoms with Crippen LogP contribution in [0, 0.1) is 0 Å². The number of hydrogen-bond donors (Lipinski definition) is 2. The molecule has 0 amide bonds. The van der Waals surface area contributed by atoms with E-state index in [1.807, 2.05) is 30.3 Å². The van der Waals surface area contributed by atoms with Crippen molar-refractivity contribution in [2.24, 2.45) is 5.73 Å². The van der Waals surface area contributed by atoms with Crippen LogP contribution < -0.4 is 11.3 Å². The number of nitrogens with zero attached hydrogens (tertiary/aromatic N) is 2. The van der Waals surface area contributed by atoms with Gasteiger partial charge in [-0.05, 0) is 24.6 Å². The van der Waals surface area contributed by atoms with E-state index in [0.29, 0.717) is 17.9 Å². The molecule has 28 heavy (non-hydrogen) atoms. The average Bonchev–Trinajstić information content (AvgIpc) is 3.07. The normalized spacial score (nSPS) is 22.5. The molecule has 2 atom stereocenters. The van der Waals surface area contributed by atoms with Gasteiger partial charge in [-0.25, -0.2) is 9.78 Å². The first-order valence-corrected chi connectivity index (χ1v) is 9.28. The van der Waals surface area contributed by atoms with Gasteiger partial charge in [0, 0.05) is 23.1 Å². The molecule has 1 aromatic carbocycles. The van der Waals surface area contributed by atoms with Crippen molar-refractivity contribution in [1.82, 2.24) is 9.55 Å². The van der Waals surface area contributed by atoms with Gasteiger partial charge in [-0.3, -0.25) is 4.79 Å². The minimum Gasteiger partial charge on any atom is -0.454 e. The number of benzene rings is 1. The lowest BCUT2D eigenvalue weighted by atomic mass is 9.83. The van der Waals surface area contributed by atoms with Gasteiger partial charge in [-0.2, -0.15) is 0 Å². The van der Waals surface area contributed by atoms with Crippen molar-refractivity contribution in [3.63, 3.8) is 0 Å². The minimum atomic E-state index is -1.87. The number of hydrogen-bond acceptors (Lipinski definition) is 6. The maximum atomic E-state index is 13.3. The lowest BCUT2D eigenvalue weighted by Gasteiger charge is -2.35. The number of esters is 1. The van der Waals surface area contributed by atoms with Crippen LogP contribution in [0.1, 0.15) is 36.1 Å². The highest BCUT2D eigenvalue weighted by Crippen LogP contribution is 2.41. The number of nitrogens with two attached hydrogens (primary N) is 1. The molecule has 0 fully saturated rings. The van der Waals surface area contributed by atoms with E-state index in [1.54, 1.807) is 17.6 Å². The summed E-state index contributed by atoms with van der Waals surface area (Å²) in [6.07, 6.45) is -0.771. The topological polar surface area (TPSA) is 107 Å². The molecule has 0 bridgehead atoms. The summed E-state index contributed by atoms with van der Waals surface area (Å²) in [4.78, 5) is 30.5. The first-order chi connectivity index (χ1) is 13.5. The van der Waals surface area contributed by atoms with E-state index in [9.17, 15) is 14.7 Å². The Morgan fingerprint density at radius 1 is 1.32 bits per heavy atom. The third-order valence-corrected chi connectivity index (χ3v) is 5.79. The molecule has 7 heteroatoms. The van der Waals surface area contributed by atoms with Gasteiger partial charge in [0.05, 0.1) is 29.0 Å². The second-order valence-electron chi connectivity index (χ2n) is 7.28. The van der Waals surface area contributed by atoms with Gasteiger partial charge in [0.1, 0.15) is 6.10 Å². The van der Waals surface area contributed by atoms with E-state index in [1.165, 1.54) is 0 Å². The quantitative estimate of drug-likeness (QED) is 0.514. The molecule has 4 heterocycles. The van der Waals surface area contributed by atoms with Crippen molar-refractivity contribution in [2.75, 3.05) is 6.54 Å². The molecule has 142 valence electrons. The Balaban J connectivity index is 1.82. The fourth-order valence-corrected chi connectivity index (χ4v) is 4.24. The molecule has 0 saturated carbocycles. The molecular formula is C21H19N3O4. The number of ether oxygens (including phenoxy) is 1. The molecule has 7 nitrogen and oxygen atoms in total. The summed E-state index contributed by atoms with van der Waals surface area (Å²) in [5.74, 6) is -0.771. The van der Waals surface area contributed by atoms with Gasteiger partial charge in [0.25, 0.3) is 5.56 Å². The van der Waals surface area contributed by atoms with E-state index in [-0.39, 0.29) is 29.7 Å². The number of para-hydroxylation sites is 1. The first kappa shape index (κ1) is 17.1. The summed E-state index contributed by atoms with van der Waals surface area (Å²) < 4.78 is 6.92. The van der Waals surface area contributed by atoms with Crippen LogP contribution in [0.15, 0.2) is 41.2 Å². The van der Waals surface area contributed by atoms with Crippen molar-refractivity contribution >= 4 is 16.9 Å². The molecule has 3 N–H and O–H groups in total. The van der Waals surface area contributed by atoms with Crippen molar-refractivity contribution in [3.05, 3.63) is 63.4 Å². The molecule has 3 aromatic rings. The SMILES string of the molecule is CC[C@@]1(O)C(=O)OC(CN)c2c1cc1n(c2=O)Cc2cc3ccccc3nc2-1. The molecular weight excluding hydrogens is 358 g/mol. The molecule has 0 radical (unpaired) electrons. The summed E-state index contributed by atoms with van der Waals surface area (Å²) in [7, 11) is 0. The largest absolute Gasteiger partial charge is 0.454 e. The van der Waals surface area contributed by atoms with Crippen LogP contribution in [0.3, 0.4) is 0 Å². The van der Waals surface area contributed by atoms with Crippen LogP contribution in [0.4, 0.5) is 0 Å². The zero-order valence-corrected chi connectivity index (χ0v) is 15.3. The van der Waals surface area contributed by atoms with E-state index < -0.39 is 17.7 Å². The van der Waals surface area contributed by atoms with Crippen molar-refractivity contribution in [3.8, 4) is 11.4 Å². The monoisotopic (exact) mass is 377 g/mol. The third-order valence-electron chi connectivity index (χ3n) is 5.79. The number of fused-ring (bicyclic) bond motifs is 5. The smallest absolute Gasteiger partial charge is 0.343 e. The van der Waals surface area contributed by atoms with Crippen LogP contribution in [0.5, 0.6) is 0 Å². The summed E-state index contributed by atoms with van der Waals surface area (Å²) in [6, 6.07) is 11.5. The highest BCUT2D eigenvalue weighted by atomic mass is 16.6. The Bertz CT molecular complexity index is 1220. The highest BCUT2D eigenvalue weighted by Gasteiger charge is 2.48. The predicted octanol–water partition coefficient (Wildman–Crippen LogP) is 1.58. The number of pyridine rings is 2. The summed E-state index contributed by atoms with van der Waals surface area (Å²) >= 11 is 0. The van der Waals surface area contributed by atoms with E-state index in [4.69, 9.17) is 15.5 Å². The zero-order chi connectivity index (χ0) is 19.6. The summed E-state index contributed by atoms with van der Waals surface area (Å²) in [5, 5.41) is 12.0. The van der Waals surface area contributed by atoms with E-state index >= 15 is 0 Å². The van der Waals surface area contributed by atoms with E-state index in [2.05, 4.69) is 0 Å². The summed E-state index contributed by atoms with van der Waals surface area (Å²) in [6.45, 7) is 2.03. The molecule has 1 unspecified atom stereocenters. The van der Waals surface area contributed by atoms with Crippen LogP contribution >= 0.6 is 0 Å². The Hall–Kier alpha value is -3.03.